The number of aryl methyl sites for hydroxylation is 1. The van der Waals surface area contributed by atoms with E-state index in [0.29, 0.717) is 24.7 Å². The van der Waals surface area contributed by atoms with Gasteiger partial charge in [-0.3, -0.25) is 0 Å². The van der Waals surface area contributed by atoms with E-state index < -0.39 is 10.0 Å². The summed E-state index contributed by atoms with van der Waals surface area (Å²) in [4.78, 5) is 4.48. The van der Waals surface area contributed by atoms with Crippen molar-refractivity contribution in [2.75, 3.05) is 20.2 Å². The molecule has 0 radical (unpaired) electrons. The Balaban J connectivity index is 1.66. The number of hydrogen-bond donors (Lipinski definition) is 0. The summed E-state index contributed by atoms with van der Waals surface area (Å²) in [6.07, 6.45) is -0.176. The van der Waals surface area contributed by atoms with Crippen LogP contribution in [-0.4, -0.2) is 44.0 Å². The first-order valence-electron chi connectivity index (χ1n) is 7.23. The Labute approximate surface area is 135 Å². The fraction of sp³-hybridized carbons (Fsp3) is 0.312. The Kier molecular flexibility index (Phi) is 4.23. The molecule has 0 bridgehead atoms. The fourth-order valence-electron chi connectivity index (χ4n) is 2.34. The molecule has 6 nitrogen and oxygen atoms in total. The van der Waals surface area contributed by atoms with Crippen LogP contribution in [0.3, 0.4) is 0 Å². The highest BCUT2D eigenvalue weighted by Gasteiger charge is 2.38. The van der Waals surface area contributed by atoms with Gasteiger partial charge in [0.2, 0.25) is 15.9 Å². The molecule has 0 N–H and O–H groups in total. The maximum Gasteiger partial charge on any atom is 0.243 e. The largest absolute Gasteiger partial charge is 0.497 e. The summed E-state index contributed by atoms with van der Waals surface area (Å²) in [6, 6.07) is 12.0. The molecule has 122 valence electrons. The van der Waals surface area contributed by atoms with E-state index in [1.54, 1.807) is 24.3 Å². The lowest BCUT2D eigenvalue weighted by Gasteiger charge is -2.37. The van der Waals surface area contributed by atoms with Gasteiger partial charge in [-0.2, -0.15) is 4.31 Å². The number of benzene rings is 1. The van der Waals surface area contributed by atoms with Gasteiger partial charge in [-0.05, 0) is 25.1 Å². The van der Waals surface area contributed by atoms with Crippen LogP contribution in [-0.2, 0) is 10.0 Å². The van der Waals surface area contributed by atoms with E-state index in [1.165, 1.54) is 17.5 Å². The minimum Gasteiger partial charge on any atom is -0.497 e. The SMILES string of the molecule is COc1cccc(S(=O)(=O)N2CC(Oc3cccc(C)n3)C2)c1. The van der Waals surface area contributed by atoms with Crippen LogP contribution in [0.4, 0.5) is 0 Å². The second-order valence-electron chi connectivity index (χ2n) is 5.36. The molecule has 1 aromatic carbocycles. The highest BCUT2D eigenvalue weighted by Crippen LogP contribution is 2.26. The van der Waals surface area contributed by atoms with Crippen LogP contribution >= 0.6 is 0 Å². The van der Waals surface area contributed by atoms with Crippen molar-refractivity contribution >= 4 is 10.0 Å². The van der Waals surface area contributed by atoms with Crippen LogP contribution in [0.25, 0.3) is 0 Å². The van der Waals surface area contributed by atoms with Gasteiger partial charge in [0, 0.05) is 17.8 Å². The Morgan fingerprint density at radius 3 is 2.61 bits per heavy atom. The van der Waals surface area contributed by atoms with E-state index in [-0.39, 0.29) is 11.0 Å². The number of hydrogen-bond acceptors (Lipinski definition) is 5. The Hall–Kier alpha value is -2.12. The molecule has 23 heavy (non-hydrogen) atoms. The first-order valence-corrected chi connectivity index (χ1v) is 8.67. The van der Waals surface area contributed by atoms with Crippen molar-refractivity contribution in [3.63, 3.8) is 0 Å². The molecule has 1 saturated heterocycles. The van der Waals surface area contributed by atoms with Crippen molar-refractivity contribution < 1.29 is 17.9 Å². The molecule has 1 aromatic heterocycles. The van der Waals surface area contributed by atoms with Gasteiger partial charge in [-0.1, -0.05) is 12.1 Å². The lowest BCUT2D eigenvalue weighted by atomic mass is 10.2. The van der Waals surface area contributed by atoms with E-state index in [2.05, 4.69) is 4.98 Å². The number of pyridine rings is 1. The summed E-state index contributed by atoms with van der Waals surface area (Å²) in [5, 5.41) is 0. The third kappa shape index (κ3) is 3.30. The van der Waals surface area contributed by atoms with Crippen molar-refractivity contribution in [1.29, 1.82) is 0 Å². The highest BCUT2D eigenvalue weighted by atomic mass is 32.2. The van der Waals surface area contributed by atoms with Crippen molar-refractivity contribution in [1.82, 2.24) is 9.29 Å². The van der Waals surface area contributed by atoms with Gasteiger partial charge in [0.25, 0.3) is 0 Å². The fourth-order valence-corrected chi connectivity index (χ4v) is 3.88. The van der Waals surface area contributed by atoms with Gasteiger partial charge < -0.3 is 9.47 Å². The molecule has 0 saturated carbocycles. The summed E-state index contributed by atoms with van der Waals surface area (Å²) < 4.78 is 37.2. The van der Waals surface area contributed by atoms with Crippen LogP contribution in [0, 0.1) is 6.92 Å². The second kappa shape index (κ2) is 6.17. The number of sulfonamides is 1. The number of aromatic nitrogens is 1. The van der Waals surface area contributed by atoms with Crippen LogP contribution in [0.15, 0.2) is 47.4 Å². The molecular weight excluding hydrogens is 316 g/mol. The number of ether oxygens (including phenoxy) is 2. The Morgan fingerprint density at radius 1 is 1.17 bits per heavy atom. The van der Waals surface area contributed by atoms with Crippen LogP contribution < -0.4 is 9.47 Å². The molecule has 2 heterocycles. The predicted molar refractivity (Wildman–Crippen MR) is 85.1 cm³/mol. The van der Waals surface area contributed by atoms with Gasteiger partial charge in [-0.15, -0.1) is 0 Å². The predicted octanol–water partition coefficient (Wildman–Crippen LogP) is 1.85. The first-order chi connectivity index (χ1) is 11.0. The lowest BCUT2D eigenvalue weighted by Crippen LogP contribution is -2.56. The van der Waals surface area contributed by atoms with Gasteiger partial charge in [0.05, 0.1) is 25.1 Å². The zero-order valence-electron chi connectivity index (χ0n) is 13.0. The molecule has 0 amide bonds. The molecule has 2 aromatic rings. The quantitative estimate of drug-likeness (QED) is 0.835. The van der Waals surface area contributed by atoms with E-state index >= 15 is 0 Å². The summed E-state index contributed by atoms with van der Waals surface area (Å²) in [7, 11) is -2.01. The molecule has 1 aliphatic heterocycles. The molecule has 0 spiro atoms. The zero-order valence-corrected chi connectivity index (χ0v) is 13.8. The number of rotatable bonds is 5. The van der Waals surface area contributed by atoms with Crippen LogP contribution in [0.5, 0.6) is 11.6 Å². The topological polar surface area (TPSA) is 68.7 Å². The zero-order chi connectivity index (χ0) is 16.4. The van der Waals surface area contributed by atoms with Crippen molar-refractivity contribution in [3.05, 3.63) is 48.2 Å². The number of nitrogens with zero attached hydrogens (tertiary/aromatic N) is 2. The summed E-state index contributed by atoms with van der Waals surface area (Å²) in [5.74, 6) is 1.04. The second-order valence-corrected chi connectivity index (χ2v) is 7.30. The van der Waals surface area contributed by atoms with E-state index in [0.717, 1.165) is 5.69 Å². The standard InChI is InChI=1S/C16H18N2O4S/c1-12-5-3-8-16(17-12)22-14-10-18(11-14)23(19,20)15-7-4-6-13(9-15)21-2/h3-9,14H,10-11H2,1-2H3. The minimum absolute atomic E-state index is 0.176. The average molecular weight is 334 g/mol. The first kappa shape index (κ1) is 15.8. The molecule has 3 rings (SSSR count). The monoisotopic (exact) mass is 334 g/mol. The molecular formula is C16H18N2O4S. The van der Waals surface area contributed by atoms with Crippen molar-refractivity contribution in [2.24, 2.45) is 0 Å². The third-order valence-corrected chi connectivity index (χ3v) is 5.47. The average Bonchev–Trinajstić information content (AvgIpc) is 2.50. The van der Waals surface area contributed by atoms with Gasteiger partial charge in [-0.25, -0.2) is 13.4 Å². The number of methoxy groups -OCH3 is 1. The molecule has 7 heteroatoms. The molecule has 1 aliphatic rings. The molecule has 1 fully saturated rings. The maximum absolute atomic E-state index is 12.5. The van der Waals surface area contributed by atoms with Crippen molar-refractivity contribution in [3.8, 4) is 11.6 Å². The van der Waals surface area contributed by atoms with Crippen LogP contribution in [0.2, 0.25) is 0 Å². The van der Waals surface area contributed by atoms with E-state index in [9.17, 15) is 8.42 Å². The van der Waals surface area contributed by atoms with Crippen LogP contribution in [0.1, 0.15) is 5.69 Å². The summed E-state index contributed by atoms with van der Waals surface area (Å²) in [6.45, 7) is 2.51. The highest BCUT2D eigenvalue weighted by molar-refractivity contribution is 7.89. The summed E-state index contributed by atoms with van der Waals surface area (Å²) in [5.41, 5.74) is 0.864. The van der Waals surface area contributed by atoms with Gasteiger partial charge in [0.15, 0.2) is 0 Å². The van der Waals surface area contributed by atoms with Crippen molar-refractivity contribution in [2.45, 2.75) is 17.9 Å². The molecule has 0 aliphatic carbocycles. The van der Waals surface area contributed by atoms with E-state index in [4.69, 9.17) is 9.47 Å². The lowest BCUT2D eigenvalue weighted by molar-refractivity contribution is 0.0719. The van der Waals surface area contributed by atoms with E-state index in [1.807, 2.05) is 19.1 Å². The Bertz CT molecular complexity index is 801. The maximum atomic E-state index is 12.5. The minimum atomic E-state index is -3.52. The smallest absolute Gasteiger partial charge is 0.243 e. The molecule has 0 atom stereocenters. The van der Waals surface area contributed by atoms with Gasteiger partial charge >= 0.3 is 0 Å². The molecule has 0 unspecified atom stereocenters. The Morgan fingerprint density at radius 2 is 1.91 bits per heavy atom. The summed E-state index contributed by atoms with van der Waals surface area (Å²) >= 11 is 0. The third-order valence-electron chi connectivity index (χ3n) is 3.64. The van der Waals surface area contributed by atoms with Gasteiger partial charge in [0.1, 0.15) is 11.9 Å². The normalized spacial score (nSPS) is 15.9.